The number of benzene rings is 1. The maximum atomic E-state index is 13.6. The first kappa shape index (κ1) is 21.8. The van der Waals surface area contributed by atoms with E-state index in [0.717, 1.165) is 31.2 Å². The molecule has 2 aromatic heterocycles. The van der Waals surface area contributed by atoms with Gasteiger partial charge in [-0.3, -0.25) is 19.5 Å². The molecule has 166 valence electrons. The molecule has 2 amide bonds. The number of furan rings is 1. The topological polar surface area (TPSA) is 75.4 Å². The van der Waals surface area contributed by atoms with Crippen molar-refractivity contribution in [2.24, 2.45) is 0 Å². The van der Waals surface area contributed by atoms with E-state index in [-0.39, 0.29) is 23.6 Å². The van der Waals surface area contributed by atoms with Crippen molar-refractivity contribution >= 4 is 17.5 Å². The van der Waals surface area contributed by atoms with Crippen molar-refractivity contribution in [3.63, 3.8) is 0 Å². The second kappa shape index (κ2) is 9.81. The minimum Gasteiger partial charge on any atom is -0.459 e. The number of rotatable bonds is 7. The summed E-state index contributed by atoms with van der Waals surface area (Å²) in [5.41, 5.74) is 2.50. The van der Waals surface area contributed by atoms with Gasteiger partial charge in [-0.25, -0.2) is 0 Å². The van der Waals surface area contributed by atoms with Gasteiger partial charge in [-0.05, 0) is 66.3 Å². The Morgan fingerprint density at radius 3 is 2.28 bits per heavy atom. The molecular weight excluding hydrogens is 402 g/mol. The molecule has 4 rings (SSSR count). The summed E-state index contributed by atoms with van der Waals surface area (Å²) in [6, 6.07) is 13.9. The summed E-state index contributed by atoms with van der Waals surface area (Å²) in [6.45, 7) is 4.24. The van der Waals surface area contributed by atoms with Crippen molar-refractivity contribution in [2.45, 2.75) is 57.5 Å². The molecule has 1 N–H and O–H groups in total. The first-order chi connectivity index (χ1) is 15.5. The predicted octanol–water partition coefficient (Wildman–Crippen LogP) is 5.24. The molecule has 6 heteroatoms. The predicted molar refractivity (Wildman–Crippen MR) is 123 cm³/mol. The van der Waals surface area contributed by atoms with Crippen LogP contribution in [0.15, 0.2) is 71.6 Å². The molecule has 0 aliphatic heterocycles. The fourth-order valence-electron chi connectivity index (χ4n) is 4.24. The Morgan fingerprint density at radius 1 is 1.00 bits per heavy atom. The average molecular weight is 432 g/mol. The van der Waals surface area contributed by atoms with E-state index in [2.05, 4.69) is 24.1 Å². The zero-order chi connectivity index (χ0) is 22.5. The van der Waals surface area contributed by atoms with Crippen molar-refractivity contribution in [3.8, 4) is 0 Å². The van der Waals surface area contributed by atoms with Gasteiger partial charge in [0, 0.05) is 24.1 Å². The minimum atomic E-state index is -0.846. The second-order valence-corrected chi connectivity index (χ2v) is 8.57. The second-order valence-electron chi connectivity index (χ2n) is 8.57. The standard InChI is InChI=1S/C26H29N3O3/c1-18(2)19-9-11-22(12-10-19)29(26(31)23-8-5-17-32-23)24(20-13-15-27-16-14-20)25(30)28-21-6-3-4-7-21/h5,8-18,21,24H,3-4,6-7H2,1-2H3,(H,28,30)/t24-/m1/s1. The number of anilines is 1. The Bertz CT molecular complexity index is 1020. The van der Waals surface area contributed by atoms with Crippen LogP contribution in [0.25, 0.3) is 0 Å². The van der Waals surface area contributed by atoms with Crippen molar-refractivity contribution in [1.29, 1.82) is 0 Å². The fraction of sp³-hybridized carbons (Fsp3) is 0.346. The molecular formula is C26H29N3O3. The molecule has 32 heavy (non-hydrogen) atoms. The number of carbonyl (C=O) groups is 2. The minimum absolute atomic E-state index is 0.135. The molecule has 1 aliphatic carbocycles. The normalized spacial score (nSPS) is 15.0. The maximum Gasteiger partial charge on any atom is 0.294 e. The summed E-state index contributed by atoms with van der Waals surface area (Å²) in [7, 11) is 0. The molecule has 1 saturated carbocycles. The lowest BCUT2D eigenvalue weighted by molar-refractivity contribution is -0.123. The maximum absolute atomic E-state index is 13.6. The Labute approximate surface area is 188 Å². The third-order valence-electron chi connectivity index (χ3n) is 6.02. The lowest BCUT2D eigenvalue weighted by Crippen LogP contribution is -2.46. The van der Waals surface area contributed by atoms with Crippen molar-refractivity contribution in [3.05, 3.63) is 84.1 Å². The van der Waals surface area contributed by atoms with Crippen LogP contribution >= 0.6 is 0 Å². The number of carbonyl (C=O) groups excluding carboxylic acids is 2. The number of hydrogen-bond acceptors (Lipinski definition) is 4. The van der Waals surface area contributed by atoms with E-state index in [1.165, 1.54) is 11.2 Å². The summed E-state index contributed by atoms with van der Waals surface area (Å²) in [5.74, 6) is -0.0165. The van der Waals surface area contributed by atoms with E-state index in [1.807, 2.05) is 24.3 Å². The molecule has 1 aromatic carbocycles. The Kier molecular flexibility index (Phi) is 6.69. The van der Waals surface area contributed by atoms with Crippen molar-refractivity contribution in [2.75, 3.05) is 4.90 Å². The smallest absolute Gasteiger partial charge is 0.294 e. The van der Waals surface area contributed by atoms with E-state index in [9.17, 15) is 9.59 Å². The van der Waals surface area contributed by atoms with Crippen LogP contribution in [0.1, 0.15) is 73.2 Å². The SMILES string of the molecule is CC(C)c1ccc(N(C(=O)c2ccco2)[C@@H](C(=O)NC2CCCC2)c2ccncc2)cc1. The Morgan fingerprint density at radius 2 is 1.69 bits per heavy atom. The van der Waals surface area contributed by atoms with E-state index in [0.29, 0.717) is 17.2 Å². The van der Waals surface area contributed by atoms with Gasteiger partial charge < -0.3 is 9.73 Å². The first-order valence-electron chi connectivity index (χ1n) is 11.2. The molecule has 0 radical (unpaired) electrons. The van der Waals surface area contributed by atoms with Crippen molar-refractivity contribution in [1.82, 2.24) is 10.3 Å². The van der Waals surface area contributed by atoms with Crippen LogP contribution in [0.5, 0.6) is 0 Å². The van der Waals surface area contributed by atoms with E-state index >= 15 is 0 Å². The lowest BCUT2D eigenvalue weighted by atomic mass is 10.0. The van der Waals surface area contributed by atoms with Gasteiger partial charge in [-0.1, -0.05) is 38.8 Å². The van der Waals surface area contributed by atoms with Gasteiger partial charge in [0.25, 0.3) is 5.91 Å². The van der Waals surface area contributed by atoms with E-state index in [1.54, 1.807) is 36.7 Å². The highest BCUT2D eigenvalue weighted by molar-refractivity contribution is 6.08. The number of aromatic nitrogens is 1. The Balaban J connectivity index is 1.78. The number of hydrogen-bond donors (Lipinski definition) is 1. The molecule has 0 saturated heterocycles. The monoisotopic (exact) mass is 431 g/mol. The molecule has 1 atom stereocenters. The molecule has 6 nitrogen and oxygen atoms in total. The van der Waals surface area contributed by atoms with Gasteiger partial charge in [-0.2, -0.15) is 0 Å². The highest BCUT2D eigenvalue weighted by atomic mass is 16.3. The van der Waals surface area contributed by atoms with Gasteiger partial charge in [0.2, 0.25) is 5.91 Å². The summed E-state index contributed by atoms with van der Waals surface area (Å²) < 4.78 is 5.42. The van der Waals surface area contributed by atoms with Gasteiger partial charge in [-0.15, -0.1) is 0 Å². The molecule has 1 aliphatic rings. The third kappa shape index (κ3) is 4.74. The molecule has 0 unspecified atom stereocenters. The summed E-state index contributed by atoms with van der Waals surface area (Å²) in [6.07, 6.45) is 8.89. The van der Waals surface area contributed by atoms with Crippen LogP contribution < -0.4 is 10.2 Å². The largest absolute Gasteiger partial charge is 0.459 e. The van der Waals surface area contributed by atoms with Crippen LogP contribution in [0.3, 0.4) is 0 Å². The van der Waals surface area contributed by atoms with Crippen LogP contribution in [-0.2, 0) is 4.79 Å². The highest BCUT2D eigenvalue weighted by Crippen LogP contribution is 2.31. The van der Waals surface area contributed by atoms with Gasteiger partial charge in [0.05, 0.1) is 6.26 Å². The summed E-state index contributed by atoms with van der Waals surface area (Å²) in [5, 5.41) is 3.17. The quantitative estimate of drug-likeness (QED) is 0.555. The van der Waals surface area contributed by atoms with E-state index in [4.69, 9.17) is 4.42 Å². The third-order valence-corrected chi connectivity index (χ3v) is 6.02. The number of nitrogens with zero attached hydrogens (tertiary/aromatic N) is 2. The zero-order valence-electron chi connectivity index (χ0n) is 18.5. The zero-order valence-corrected chi connectivity index (χ0v) is 18.5. The molecule has 0 spiro atoms. The first-order valence-corrected chi connectivity index (χ1v) is 11.2. The van der Waals surface area contributed by atoms with Gasteiger partial charge in [0.1, 0.15) is 6.04 Å². The molecule has 0 bridgehead atoms. The Hall–Kier alpha value is -3.41. The van der Waals surface area contributed by atoms with Crippen LogP contribution in [-0.4, -0.2) is 22.8 Å². The number of pyridine rings is 1. The van der Waals surface area contributed by atoms with E-state index < -0.39 is 6.04 Å². The highest BCUT2D eigenvalue weighted by Gasteiger charge is 2.35. The summed E-state index contributed by atoms with van der Waals surface area (Å²) in [4.78, 5) is 32.9. The molecule has 3 aromatic rings. The number of nitrogens with one attached hydrogen (secondary N) is 1. The van der Waals surface area contributed by atoms with Crippen LogP contribution in [0.2, 0.25) is 0 Å². The van der Waals surface area contributed by atoms with Crippen molar-refractivity contribution < 1.29 is 14.0 Å². The van der Waals surface area contributed by atoms with Gasteiger partial charge >= 0.3 is 0 Å². The molecule has 2 heterocycles. The van der Waals surface area contributed by atoms with Crippen LogP contribution in [0, 0.1) is 0 Å². The van der Waals surface area contributed by atoms with Gasteiger partial charge in [0.15, 0.2) is 5.76 Å². The molecule has 1 fully saturated rings. The summed E-state index contributed by atoms with van der Waals surface area (Å²) >= 11 is 0. The van der Waals surface area contributed by atoms with Crippen LogP contribution in [0.4, 0.5) is 5.69 Å². The average Bonchev–Trinajstić information content (AvgIpc) is 3.52. The fourth-order valence-corrected chi connectivity index (χ4v) is 4.24. The lowest BCUT2D eigenvalue weighted by Gasteiger charge is -2.32. The number of amides is 2.